The average Bonchev–Trinajstić information content (AvgIpc) is 2.43. The van der Waals surface area contributed by atoms with Gasteiger partial charge in [0.1, 0.15) is 0 Å². The van der Waals surface area contributed by atoms with Gasteiger partial charge in [0.25, 0.3) is 0 Å². The second-order valence-corrected chi connectivity index (χ2v) is 6.05. The molecule has 2 aromatic rings. The third-order valence-electron chi connectivity index (χ3n) is 2.85. The van der Waals surface area contributed by atoms with E-state index in [1.54, 1.807) is 20.3 Å². The average molecular weight is 391 g/mol. The highest BCUT2D eigenvalue weighted by Crippen LogP contribution is 2.36. The Balaban J connectivity index is 2.18. The van der Waals surface area contributed by atoms with Crippen molar-refractivity contribution in [3.63, 3.8) is 0 Å². The first-order chi connectivity index (χ1) is 10.0. The summed E-state index contributed by atoms with van der Waals surface area (Å²) in [4.78, 5) is 0. The van der Waals surface area contributed by atoms with Crippen molar-refractivity contribution in [2.24, 2.45) is 0 Å². The molecule has 0 amide bonds. The molecule has 0 saturated heterocycles. The van der Waals surface area contributed by atoms with E-state index in [-0.39, 0.29) is 0 Å². The molecule has 3 nitrogen and oxygen atoms in total. The molecule has 0 atom stereocenters. The Morgan fingerprint density at radius 1 is 1.00 bits per heavy atom. The molecular weight excluding hydrogens is 377 g/mol. The summed E-state index contributed by atoms with van der Waals surface area (Å²) in [5.74, 6) is 1.35. The fraction of sp³-hybridized carbons (Fsp3) is 0.200. The lowest BCUT2D eigenvalue weighted by molar-refractivity contribution is 0.352. The standard InChI is InChI=1S/C15H14BrCl2NO2/c1-20-14-4-9(3-13(16)15(14)21-2)8-19-12-6-10(17)5-11(18)7-12/h3-7,19H,8H2,1-2H3. The Hall–Kier alpha value is -1.10. The number of halogens is 3. The van der Waals surface area contributed by atoms with Crippen LogP contribution in [0, 0.1) is 0 Å². The minimum Gasteiger partial charge on any atom is -0.493 e. The summed E-state index contributed by atoms with van der Waals surface area (Å²) in [7, 11) is 3.22. The fourth-order valence-corrected chi connectivity index (χ4v) is 3.11. The van der Waals surface area contributed by atoms with Crippen molar-refractivity contribution in [1.29, 1.82) is 0 Å². The first-order valence-corrected chi connectivity index (χ1v) is 7.68. The Morgan fingerprint density at radius 3 is 2.24 bits per heavy atom. The zero-order valence-corrected chi connectivity index (χ0v) is 14.6. The van der Waals surface area contributed by atoms with Gasteiger partial charge in [0.15, 0.2) is 11.5 Å². The molecule has 6 heteroatoms. The molecule has 0 aliphatic carbocycles. The summed E-state index contributed by atoms with van der Waals surface area (Å²) in [5, 5.41) is 4.46. The molecule has 0 heterocycles. The van der Waals surface area contributed by atoms with Crippen LogP contribution in [0.15, 0.2) is 34.8 Å². The van der Waals surface area contributed by atoms with Crippen molar-refractivity contribution < 1.29 is 9.47 Å². The van der Waals surface area contributed by atoms with E-state index in [9.17, 15) is 0 Å². The van der Waals surface area contributed by atoms with E-state index in [4.69, 9.17) is 32.7 Å². The summed E-state index contributed by atoms with van der Waals surface area (Å²) >= 11 is 15.4. The number of nitrogens with one attached hydrogen (secondary N) is 1. The molecule has 1 N–H and O–H groups in total. The van der Waals surface area contributed by atoms with Gasteiger partial charge in [0.05, 0.1) is 18.7 Å². The fourth-order valence-electron chi connectivity index (χ4n) is 1.93. The monoisotopic (exact) mass is 389 g/mol. The van der Waals surface area contributed by atoms with Crippen LogP contribution in [-0.4, -0.2) is 14.2 Å². The van der Waals surface area contributed by atoms with E-state index in [2.05, 4.69) is 21.2 Å². The molecule has 0 radical (unpaired) electrons. The van der Waals surface area contributed by atoms with Gasteiger partial charge in [0.2, 0.25) is 0 Å². The highest BCUT2D eigenvalue weighted by Gasteiger charge is 2.10. The molecule has 0 aromatic heterocycles. The minimum atomic E-state index is 0.596. The van der Waals surface area contributed by atoms with Crippen LogP contribution in [0.4, 0.5) is 5.69 Å². The predicted octanol–water partition coefficient (Wildman–Crippen LogP) is 5.39. The van der Waals surface area contributed by atoms with Crippen molar-refractivity contribution in [3.8, 4) is 11.5 Å². The molecule has 112 valence electrons. The molecule has 0 aliphatic heterocycles. The van der Waals surface area contributed by atoms with E-state index in [1.807, 2.05) is 24.3 Å². The Kier molecular flexibility index (Phi) is 5.62. The quantitative estimate of drug-likeness (QED) is 0.742. The van der Waals surface area contributed by atoms with Crippen LogP contribution in [0.2, 0.25) is 10.0 Å². The SMILES string of the molecule is COc1cc(CNc2cc(Cl)cc(Cl)c2)cc(Br)c1OC. The molecule has 2 rings (SSSR count). The molecule has 0 saturated carbocycles. The van der Waals surface area contributed by atoms with Gasteiger partial charge in [-0.1, -0.05) is 23.2 Å². The number of methoxy groups -OCH3 is 2. The summed E-state index contributed by atoms with van der Waals surface area (Å²) in [6, 6.07) is 9.23. The van der Waals surface area contributed by atoms with E-state index >= 15 is 0 Å². The van der Waals surface area contributed by atoms with Crippen LogP contribution in [0.5, 0.6) is 11.5 Å². The maximum absolute atomic E-state index is 5.98. The number of rotatable bonds is 5. The summed E-state index contributed by atoms with van der Waals surface area (Å²) in [5.41, 5.74) is 1.90. The molecule has 2 aromatic carbocycles. The van der Waals surface area contributed by atoms with Crippen LogP contribution in [-0.2, 0) is 6.54 Å². The molecule has 0 unspecified atom stereocenters. The van der Waals surface area contributed by atoms with Crippen LogP contribution in [0.3, 0.4) is 0 Å². The third kappa shape index (κ3) is 4.19. The number of ether oxygens (including phenoxy) is 2. The van der Waals surface area contributed by atoms with Gasteiger partial charge >= 0.3 is 0 Å². The second-order valence-electron chi connectivity index (χ2n) is 4.32. The predicted molar refractivity (Wildman–Crippen MR) is 91.0 cm³/mol. The molecule has 21 heavy (non-hydrogen) atoms. The number of hydrogen-bond acceptors (Lipinski definition) is 3. The highest BCUT2D eigenvalue weighted by molar-refractivity contribution is 9.10. The Labute approximate surface area is 142 Å². The second kappa shape index (κ2) is 7.25. The normalized spacial score (nSPS) is 10.3. The smallest absolute Gasteiger partial charge is 0.174 e. The highest BCUT2D eigenvalue weighted by atomic mass is 79.9. The van der Waals surface area contributed by atoms with Gasteiger partial charge in [-0.15, -0.1) is 0 Å². The maximum Gasteiger partial charge on any atom is 0.174 e. The van der Waals surface area contributed by atoms with Crippen molar-refractivity contribution >= 4 is 44.8 Å². The van der Waals surface area contributed by atoms with E-state index in [0.29, 0.717) is 28.1 Å². The number of hydrogen-bond donors (Lipinski definition) is 1. The molecule has 0 aliphatic rings. The van der Waals surface area contributed by atoms with Crippen molar-refractivity contribution in [1.82, 2.24) is 0 Å². The zero-order valence-electron chi connectivity index (χ0n) is 11.5. The van der Waals surface area contributed by atoms with E-state index < -0.39 is 0 Å². The lowest BCUT2D eigenvalue weighted by atomic mass is 10.2. The largest absolute Gasteiger partial charge is 0.493 e. The topological polar surface area (TPSA) is 30.5 Å². The Bertz CT molecular complexity index is 630. The first kappa shape index (κ1) is 16.3. The maximum atomic E-state index is 5.98. The van der Waals surface area contributed by atoms with E-state index in [0.717, 1.165) is 15.7 Å². The minimum absolute atomic E-state index is 0.596. The number of anilines is 1. The number of benzene rings is 2. The van der Waals surface area contributed by atoms with Crippen molar-refractivity contribution in [3.05, 3.63) is 50.4 Å². The summed E-state index contributed by atoms with van der Waals surface area (Å²) in [6.07, 6.45) is 0. The van der Waals surface area contributed by atoms with Gasteiger partial charge in [-0.3, -0.25) is 0 Å². The van der Waals surface area contributed by atoms with Crippen LogP contribution >= 0.6 is 39.1 Å². The third-order valence-corrected chi connectivity index (χ3v) is 3.88. The molecular formula is C15H14BrCl2NO2. The molecule has 0 bridgehead atoms. The van der Waals surface area contributed by atoms with Crippen molar-refractivity contribution in [2.45, 2.75) is 6.54 Å². The van der Waals surface area contributed by atoms with Gasteiger partial charge in [-0.2, -0.15) is 0 Å². The van der Waals surface area contributed by atoms with Gasteiger partial charge in [-0.25, -0.2) is 0 Å². The summed E-state index contributed by atoms with van der Waals surface area (Å²) < 4.78 is 11.5. The van der Waals surface area contributed by atoms with Crippen molar-refractivity contribution in [2.75, 3.05) is 19.5 Å². The van der Waals surface area contributed by atoms with Crippen LogP contribution in [0.25, 0.3) is 0 Å². The Morgan fingerprint density at radius 2 is 1.67 bits per heavy atom. The molecule has 0 fully saturated rings. The van der Waals surface area contributed by atoms with Gasteiger partial charge < -0.3 is 14.8 Å². The lowest BCUT2D eigenvalue weighted by Gasteiger charge is -2.13. The lowest BCUT2D eigenvalue weighted by Crippen LogP contribution is -2.01. The van der Waals surface area contributed by atoms with Gasteiger partial charge in [0, 0.05) is 22.3 Å². The van der Waals surface area contributed by atoms with Crippen LogP contribution < -0.4 is 14.8 Å². The van der Waals surface area contributed by atoms with E-state index in [1.165, 1.54) is 0 Å². The van der Waals surface area contributed by atoms with Crippen LogP contribution in [0.1, 0.15) is 5.56 Å². The molecule has 0 spiro atoms. The van der Waals surface area contributed by atoms with Gasteiger partial charge in [-0.05, 0) is 51.8 Å². The first-order valence-electron chi connectivity index (χ1n) is 6.14. The summed E-state index contributed by atoms with van der Waals surface area (Å²) in [6.45, 7) is 0.607. The zero-order chi connectivity index (χ0) is 15.4.